The molecule has 194 valence electrons. The Morgan fingerprint density at radius 1 is 1.14 bits per heavy atom. The number of carbonyl (C=O) groups excluding carboxylic acids is 3. The third-order valence-electron chi connectivity index (χ3n) is 6.35. The van der Waals surface area contributed by atoms with Crippen LogP contribution in [-0.4, -0.2) is 65.8 Å². The van der Waals surface area contributed by atoms with Crippen LogP contribution in [0.15, 0.2) is 48.5 Å². The Morgan fingerprint density at radius 3 is 2.42 bits per heavy atom. The van der Waals surface area contributed by atoms with Crippen molar-refractivity contribution in [3.63, 3.8) is 0 Å². The molecule has 3 rings (SSSR count). The number of nitrogens with two attached hydrogens (primary N) is 1. The molecule has 0 aliphatic carbocycles. The lowest BCUT2D eigenvalue weighted by Gasteiger charge is -2.42. The maximum Gasteiger partial charge on any atom is 0.411 e. The van der Waals surface area contributed by atoms with Crippen LogP contribution in [0.1, 0.15) is 30.9 Å². The minimum absolute atomic E-state index is 0.0649. The van der Waals surface area contributed by atoms with Gasteiger partial charge in [-0.15, -0.1) is 0 Å². The predicted octanol–water partition coefficient (Wildman–Crippen LogP) is 2.49. The molecule has 2 aromatic rings. The van der Waals surface area contributed by atoms with Crippen molar-refractivity contribution in [2.45, 2.75) is 44.2 Å². The minimum atomic E-state index is -0.992. The molecular weight excluding hydrogens is 484 g/mol. The Balaban J connectivity index is 1.66. The Labute approximate surface area is 215 Å². The molecule has 1 fully saturated rings. The van der Waals surface area contributed by atoms with Gasteiger partial charge in [0.05, 0.1) is 18.6 Å². The summed E-state index contributed by atoms with van der Waals surface area (Å²) in [6.07, 6.45) is 1.02. The van der Waals surface area contributed by atoms with Gasteiger partial charge >= 0.3 is 6.09 Å². The zero-order valence-corrected chi connectivity index (χ0v) is 21.1. The van der Waals surface area contributed by atoms with Gasteiger partial charge in [-0.3, -0.25) is 14.9 Å². The molecule has 1 aliphatic rings. The average Bonchev–Trinajstić information content (AvgIpc) is 2.89. The van der Waals surface area contributed by atoms with E-state index >= 15 is 0 Å². The first-order valence-electron chi connectivity index (χ1n) is 12.0. The zero-order valence-electron chi connectivity index (χ0n) is 20.3. The van der Waals surface area contributed by atoms with E-state index in [1.54, 1.807) is 41.3 Å². The molecule has 1 heterocycles. The van der Waals surface area contributed by atoms with Crippen LogP contribution in [0.2, 0.25) is 5.02 Å². The van der Waals surface area contributed by atoms with E-state index in [1.165, 1.54) is 0 Å². The maximum atomic E-state index is 12.9. The number of ether oxygens (including phenoxy) is 1. The van der Waals surface area contributed by atoms with Gasteiger partial charge in [-0.05, 0) is 48.6 Å². The molecule has 2 aromatic carbocycles. The quantitative estimate of drug-likeness (QED) is 0.404. The summed E-state index contributed by atoms with van der Waals surface area (Å²) in [5.74, 6) is -0.628. The maximum absolute atomic E-state index is 12.9. The van der Waals surface area contributed by atoms with Crippen LogP contribution in [0.5, 0.6) is 0 Å². The lowest BCUT2D eigenvalue weighted by Crippen LogP contribution is -2.60. The fraction of sp³-hybridized carbons (Fsp3) is 0.423. The number of hydrogen-bond acceptors (Lipinski definition) is 6. The zero-order chi connectivity index (χ0) is 26.1. The van der Waals surface area contributed by atoms with Crippen molar-refractivity contribution in [3.8, 4) is 0 Å². The van der Waals surface area contributed by atoms with Crippen LogP contribution in [-0.2, 0) is 27.2 Å². The highest BCUT2D eigenvalue weighted by molar-refractivity contribution is 6.31. The fourth-order valence-electron chi connectivity index (χ4n) is 4.11. The second-order valence-corrected chi connectivity index (χ2v) is 9.37. The fourth-order valence-corrected chi connectivity index (χ4v) is 4.31. The monoisotopic (exact) mass is 516 g/mol. The van der Waals surface area contributed by atoms with E-state index in [0.717, 1.165) is 12.0 Å². The first-order valence-corrected chi connectivity index (χ1v) is 12.4. The van der Waals surface area contributed by atoms with Gasteiger partial charge in [-0.2, -0.15) is 0 Å². The molecule has 36 heavy (non-hydrogen) atoms. The summed E-state index contributed by atoms with van der Waals surface area (Å²) in [5, 5.41) is 15.4. The number of nitrogens with zero attached hydrogens (tertiary/aromatic N) is 1. The molecule has 1 atom stereocenters. The van der Waals surface area contributed by atoms with Crippen molar-refractivity contribution in [2.24, 2.45) is 5.73 Å². The highest BCUT2D eigenvalue weighted by Crippen LogP contribution is 2.25. The molecule has 10 heteroatoms. The van der Waals surface area contributed by atoms with Gasteiger partial charge in [0, 0.05) is 23.8 Å². The van der Waals surface area contributed by atoms with Crippen LogP contribution in [0.4, 0.5) is 10.5 Å². The average molecular weight is 517 g/mol. The molecule has 5 N–H and O–H groups in total. The second-order valence-electron chi connectivity index (χ2n) is 8.96. The number of amides is 3. The van der Waals surface area contributed by atoms with E-state index in [9.17, 15) is 19.5 Å². The van der Waals surface area contributed by atoms with Crippen LogP contribution in [0.3, 0.4) is 0 Å². The van der Waals surface area contributed by atoms with E-state index in [4.69, 9.17) is 22.1 Å². The number of aryl methyl sites for hydroxylation is 1. The van der Waals surface area contributed by atoms with Crippen LogP contribution >= 0.6 is 11.6 Å². The molecule has 1 aliphatic heterocycles. The van der Waals surface area contributed by atoms with Gasteiger partial charge in [-0.1, -0.05) is 48.9 Å². The highest BCUT2D eigenvalue weighted by Gasteiger charge is 2.39. The van der Waals surface area contributed by atoms with Gasteiger partial charge < -0.3 is 25.8 Å². The Kier molecular flexibility index (Phi) is 9.69. The molecule has 0 saturated carbocycles. The first-order chi connectivity index (χ1) is 17.2. The van der Waals surface area contributed by atoms with E-state index in [0.29, 0.717) is 42.2 Å². The number of piperidine rings is 1. The standard InChI is InChI=1S/C26H33ClN4O5/c1-2-18-7-9-20(10-8-18)29-25(35)36-17-26(11-13-31(14-12-26)24(34)22(28)16-32)30-23(33)15-19-5-3-4-6-21(19)27/h3-10,22,32H,2,11-17,28H2,1H3,(H,29,35)(H,30,33)/t22-/m1/s1. The Morgan fingerprint density at radius 2 is 1.81 bits per heavy atom. The lowest BCUT2D eigenvalue weighted by atomic mass is 9.87. The number of rotatable bonds is 9. The Hall–Kier alpha value is -3.14. The molecule has 0 spiro atoms. The van der Waals surface area contributed by atoms with Gasteiger partial charge in [0.2, 0.25) is 11.8 Å². The van der Waals surface area contributed by atoms with E-state index < -0.39 is 24.3 Å². The predicted molar refractivity (Wildman–Crippen MR) is 138 cm³/mol. The van der Waals surface area contributed by atoms with Crippen LogP contribution < -0.4 is 16.4 Å². The van der Waals surface area contributed by atoms with Crippen LogP contribution in [0, 0.1) is 0 Å². The van der Waals surface area contributed by atoms with Gasteiger partial charge in [0.15, 0.2) is 0 Å². The number of likely N-dealkylation sites (tertiary alicyclic amines) is 1. The second kappa shape index (κ2) is 12.7. The molecular formula is C26H33ClN4O5. The molecule has 1 saturated heterocycles. The lowest BCUT2D eigenvalue weighted by molar-refractivity contribution is -0.136. The number of hydrogen-bond donors (Lipinski definition) is 4. The summed E-state index contributed by atoms with van der Waals surface area (Å²) in [6.45, 7) is 2.11. The largest absolute Gasteiger partial charge is 0.447 e. The molecule has 3 amide bonds. The third kappa shape index (κ3) is 7.43. The first kappa shape index (κ1) is 27.4. The number of benzene rings is 2. The van der Waals surface area contributed by atoms with E-state index in [2.05, 4.69) is 10.6 Å². The highest BCUT2D eigenvalue weighted by atomic mass is 35.5. The topological polar surface area (TPSA) is 134 Å². The summed E-state index contributed by atoms with van der Waals surface area (Å²) < 4.78 is 5.53. The van der Waals surface area contributed by atoms with E-state index in [1.807, 2.05) is 19.1 Å². The smallest absolute Gasteiger partial charge is 0.411 e. The van der Waals surface area contributed by atoms with Gasteiger partial charge in [0.25, 0.3) is 0 Å². The van der Waals surface area contributed by atoms with E-state index in [-0.39, 0.29) is 24.8 Å². The third-order valence-corrected chi connectivity index (χ3v) is 6.72. The van der Waals surface area contributed by atoms with Crippen molar-refractivity contribution in [1.82, 2.24) is 10.2 Å². The number of nitrogens with one attached hydrogen (secondary N) is 2. The normalized spacial score (nSPS) is 15.6. The summed E-state index contributed by atoms with van der Waals surface area (Å²) in [4.78, 5) is 39.4. The summed E-state index contributed by atoms with van der Waals surface area (Å²) in [6, 6.07) is 13.6. The number of anilines is 1. The number of halogens is 1. The van der Waals surface area contributed by atoms with Crippen molar-refractivity contribution >= 4 is 35.2 Å². The molecule has 0 aromatic heterocycles. The number of aliphatic hydroxyl groups excluding tert-OH is 1. The number of carbonyl (C=O) groups is 3. The van der Waals surface area contributed by atoms with Crippen molar-refractivity contribution in [3.05, 3.63) is 64.7 Å². The minimum Gasteiger partial charge on any atom is -0.447 e. The molecule has 0 radical (unpaired) electrons. The Bertz CT molecular complexity index is 1050. The van der Waals surface area contributed by atoms with Crippen LogP contribution in [0.25, 0.3) is 0 Å². The molecule has 9 nitrogen and oxygen atoms in total. The van der Waals surface area contributed by atoms with Gasteiger partial charge in [-0.25, -0.2) is 4.79 Å². The summed E-state index contributed by atoms with van der Waals surface area (Å²) in [5.41, 5.74) is 7.25. The van der Waals surface area contributed by atoms with Crippen molar-refractivity contribution in [1.29, 1.82) is 0 Å². The molecule has 0 unspecified atom stereocenters. The van der Waals surface area contributed by atoms with Crippen molar-refractivity contribution in [2.75, 3.05) is 31.6 Å². The molecule has 0 bridgehead atoms. The SMILES string of the molecule is CCc1ccc(NC(=O)OCC2(NC(=O)Cc3ccccc3Cl)CCN(C(=O)[C@H](N)CO)CC2)cc1. The van der Waals surface area contributed by atoms with Gasteiger partial charge in [0.1, 0.15) is 12.6 Å². The van der Waals surface area contributed by atoms with Crippen molar-refractivity contribution < 1.29 is 24.2 Å². The summed E-state index contributed by atoms with van der Waals surface area (Å²) >= 11 is 6.21. The summed E-state index contributed by atoms with van der Waals surface area (Å²) in [7, 11) is 0. The number of aliphatic hydroxyl groups is 1.